The number of halogens is 1. The summed E-state index contributed by atoms with van der Waals surface area (Å²) < 4.78 is 37.9. The highest BCUT2D eigenvalue weighted by atomic mass is 35.5. The van der Waals surface area contributed by atoms with Crippen molar-refractivity contribution < 1.29 is 22.7 Å². The van der Waals surface area contributed by atoms with E-state index in [0.717, 1.165) is 0 Å². The second kappa shape index (κ2) is 8.71. The molecular weight excluding hydrogens is 392 g/mol. The number of hydrogen-bond donors (Lipinski definition) is 1. The number of nitrogens with zero attached hydrogens (tertiary/aromatic N) is 1. The van der Waals surface area contributed by atoms with Gasteiger partial charge < -0.3 is 14.8 Å². The Bertz CT molecular complexity index is 899. The molecule has 0 radical (unpaired) electrons. The van der Waals surface area contributed by atoms with Crippen molar-refractivity contribution in [3.05, 3.63) is 53.6 Å². The van der Waals surface area contributed by atoms with Gasteiger partial charge in [-0.15, -0.1) is 0 Å². The van der Waals surface area contributed by atoms with Crippen molar-refractivity contribution in [2.24, 2.45) is 0 Å². The summed E-state index contributed by atoms with van der Waals surface area (Å²) in [5, 5.41) is 2.95. The van der Waals surface area contributed by atoms with Crippen LogP contribution in [-0.2, 0) is 19.6 Å². The molecule has 0 spiro atoms. The topological polar surface area (TPSA) is 84.9 Å². The summed E-state index contributed by atoms with van der Waals surface area (Å²) in [7, 11) is -3.81. The molecule has 1 fully saturated rings. The molecule has 3 rings (SSSR count). The van der Waals surface area contributed by atoms with Gasteiger partial charge in [-0.3, -0.25) is 4.79 Å². The highest BCUT2D eigenvalue weighted by Crippen LogP contribution is 2.30. The second-order valence-corrected chi connectivity index (χ2v) is 8.15. The van der Waals surface area contributed by atoms with Gasteiger partial charge in [-0.1, -0.05) is 29.8 Å². The summed E-state index contributed by atoms with van der Waals surface area (Å²) in [5.41, 5.74) is 0.628. The minimum Gasteiger partial charge on any atom is -0.482 e. The summed E-state index contributed by atoms with van der Waals surface area (Å²) in [4.78, 5) is 12.0. The summed E-state index contributed by atoms with van der Waals surface area (Å²) in [6, 6.07) is 13.2. The Morgan fingerprint density at radius 1 is 1.15 bits per heavy atom. The molecule has 144 valence electrons. The van der Waals surface area contributed by atoms with Gasteiger partial charge in [0.1, 0.15) is 10.6 Å². The first-order valence-electron chi connectivity index (χ1n) is 8.32. The smallest absolute Gasteiger partial charge is 0.262 e. The normalized spacial score (nSPS) is 15.3. The Hall–Kier alpha value is -2.13. The van der Waals surface area contributed by atoms with E-state index in [4.69, 9.17) is 21.1 Å². The Morgan fingerprint density at radius 3 is 2.56 bits per heavy atom. The monoisotopic (exact) mass is 410 g/mol. The Morgan fingerprint density at radius 2 is 1.85 bits per heavy atom. The first-order chi connectivity index (χ1) is 13.0. The number of ether oxygens (including phenoxy) is 2. The fourth-order valence-electron chi connectivity index (χ4n) is 2.59. The van der Waals surface area contributed by atoms with E-state index in [1.54, 1.807) is 24.3 Å². The molecule has 27 heavy (non-hydrogen) atoms. The van der Waals surface area contributed by atoms with Crippen LogP contribution in [0.25, 0.3) is 0 Å². The first-order valence-corrected chi connectivity index (χ1v) is 10.1. The lowest BCUT2D eigenvalue weighted by atomic mass is 10.3. The van der Waals surface area contributed by atoms with Crippen molar-refractivity contribution in [1.29, 1.82) is 0 Å². The van der Waals surface area contributed by atoms with E-state index >= 15 is 0 Å². The molecule has 2 aromatic carbocycles. The van der Waals surface area contributed by atoms with Crippen molar-refractivity contribution in [1.82, 2.24) is 4.31 Å². The lowest BCUT2D eigenvalue weighted by Gasteiger charge is -2.26. The van der Waals surface area contributed by atoms with Crippen LogP contribution >= 0.6 is 11.6 Å². The largest absolute Gasteiger partial charge is 0.482 e. The highest BCUT2D eigenvalue weighted by Gasteiger charge is 2.29. The van der Waals surface area contributed by atoms with Crippen LogP contribution in [0.4, 0.5) is 5.69 Å². The van der Waals surface area contributed by atoms with E-state index in [-0.39, 0.29) is 35.4 Å². The number of para-hydroxylation sites is 1. The number of benzene rings is 2. The number of sulfonamides is 1. The van der Waals surface area contributed by atoms with E-state index in [1.165, 1.54) is 22.5 Å². The van der Waals surface area contributed by atoms with Crippen LogP contribution < -0.4 is 10.1 Å². The molecule has 1 N–H and O–H groups in total. The van der Waals surface area contributed by atoms with Gasteiger partial charge in [0.2, 0.25) is 10.0 Å². The number of amides is 1. The molecule has 0 aromatic heterocycles. The molecule has 1 aliphatic heterocycles. The number of nitrogens with one attached hydrogen (secondary N) is 1. The average Bonchev–Trinajstić information content (AvgIpc) is 2.68. The molecule has 0 aliphatic carbocycles. The van der Waals surface area contributed by atoms with Crippen molar-refractivity contribution in [3.63, 3.8) is 0 Å². The molecule has 0 unspecified atom stereocenters. The standard InChI is InChI=1S/C18H19ClN2O5S/c19-14-6-7-16(26-13-18(22)20-15-4-2-1-3-5-15)17(12-14)27(23,24)21-8-10-25-11-9-21/h1-7,12H,8-11,13H2,(H,20,22). The zero-order valence-corrected chi connectivity index (χ0v) is 16.0. The predicted octanol–water partition coefficient (Wildman–Crippen LogP) is 2.38. The van der Waals surface area contributed by atoms with E-state index < -0.39 is 15.9 Å². The van der Waals surface area contributed by atoms with Gasteiger partial charge in [-0.25, -0.2) is 8.42 Å². The van der Waals surface area contributed by atoms with Gasteiger partial charge >= 0.3 is 0 Å². The summed E-state index contributed by atoms with van der Waals surface area (Å²) in [6.45, 7) is 0.832. The highest BCUT2D eigenvalue weighted by molar-refractivity contribution is 7.89. The van der Waals surface area contributed by atoms with Crippen molar-refractivity contribution in [3.8, 4) is 5.75 Å². The molecule has 0 saturated carbocycles. The van der Waals surface area contributed by atoms with Gasteiger partial charge in [0, 0.05) is 23.8 Å². The lowest BCUT2D eigenvalue weighted by Crippen LogP contribution is -2.40. The number of rotatable bonds is 6. The van der Waals surface area contributed by atoms with Crippen molar-refractivity contribution >= 4 is 33.2 Å². The van der Waals surface area contributed by atoms with Crippen LogP contribution in [0.3, 0.4) is 0 Å². The number of morpholine rings is 1. The maximum atomic E-state index is 12.9. The molecule has 1 saturated heterocycles. The molecule has 9 heteroatoms. The molecule has 0 bridgehead atoms. The molecule has 1 heterocycles. The average molecular weight is 411 g/mol. The van der Waals surface area contributed by atoms with E-state index in [1.807, 2.05) is 6.07 Å². The van der Waals surface area contributed by atoms with Crippen LogP contribution in [0.15, 0.2) is 53.4 Å². The molecule has 1 aliphatic rings. The number of anilines is 1. The fraction of sp³-hybridized carbons (Fsp3) is 0.278. The minimum absolute atomic E-state index is 0.0654. The van der Waals surface area contributed by atoms with Crippen molar-refractivity contribution in [2.75, 3.05) is 38.2 Å². The number of carbonyl (C=O) groups excluding carboxylic acids is 1. The minimum atomic E-state index is -3.81. The van der Waals surface area contributed by atoms with Crippen LogP contribution in [0.5, 0.6) is 5.75 Å². The van der Waals surface area contributed by atoms with Gasteiger partial charge in [0.15, 0.2) is 6.61 Å². The van der Waals surface area contributed by atoms with Gasteiger partial charge in [0.05, 0.1) is 13.2 Å². The van der Waals surface area contributed by atoms with Crippen LogP contribution in [0.1, 0.15) is 0 Å². The van der Waals surface area contributed by atoms with Gasteiger partial charge in [-0.2, -0.15) is 4.31 Å². The van der Waals surface area contributed by atoms with E-state index in [9.17, 15) is 13.2 Å². The third kappa shape index (κ3) is 4.98. The van der Waals surface area contributed by atoms with Crippen LogP contribution in [0, 0.1) is 0 Å². The van der Waals surface area contributed by atoms with E-state index in [2.05, 4.69) is 5.32 Å². The van der Waals surface area contributed by atoms with Crippen LogP contribution in [-0.4, -0.2) is 51.5 Å². The first kappa shape index (κ1) is 19.6. The third-order valence-corrected chi connectivity index (χ3v) is 6.06. The lowest BCUT2D eigenvalue weighted by molar-refractivity contribution is -0.118. The zero-order chi connectivity index (χ0) is 19.3. The SMILES string of the molecule is O=C(COc1ccc(Cl)cc1S(=O)(=O)N1CCOCC1)Nc1ccccc1. The fourth-order valence-corrected chi connectivity index (χ4v) is 4.39. The molecule has 2 aromatic rings. The number of hydrogen-bond acceptors (Lipinski definition) is 5. The number of carbonyl (C=O) groups is 1. The Balaban J connectivity index is 1.75. The van der Waals surface area contributed by atoms with Crippen molar-refractivity contribution in [2.45, 2.75) is 4.90 Å². The van der Waals surface area contributed by atoms with E-state index in [0.29, 0.717) is 18.9 Å². The summed E-state index contributed by atoms with van der Waals surface area (Å²) in [5.74, 6) is -0.319. The quantitative estimate of drug-likeness (QED) is 0.790. The predicted molar refractivity (Wildman–Crippen MR) is 102 cm³/mol. The van der Waals surface area contributed by atoms with Gasteiger partial charge in [0.25, 0.3) is 5.91 Å². The van der Waals surface area contributed by atoms with Gasteiger partial charge in [-0.05, 0) is 30.3 Å². The Kier molecular flexibility index (Phi) is 6.33. The molecule has 7 nitrogen and oxygen atoms in total. The maximum Gasteiger partial charge on any atom is 0.262 e. The second-order valence-electron chi connectivity index (χ2n) is 5.81. The molecule has 0 atom stereocenters. The van der Waals surface area contributed by atoms with Crippen LogP contribution in [0.2, 0.25) is 5.02 Å². The third-order valence-electron chi connectivity index (χ3n) is 3.91. The molecular formula is C18H19ClN2O5S. The Labute approximate surface area is 162 Å². The summed E-state index contributed by atoms with van der Waals surface area (Å²) >= 11 is 5.99. The zero-order valence-electron chi connectivity index (χ0n) is 14.4. The molecule has 1 amide bonds. The maximum absolute atomic E-state index is 12.9. The summed E-state index contributed by atoms with van der Waals surface area (Å²) in [6.07, 6.45) is 0.